The first-order chi connectivity index (χ1) is 10.2. The lowest BCUT2D eigenvalue weighted by Crippen LogP contribution is -2.38. The highest BCUT2D eigenvalue weighted by Gasteiger charge is 2.21. The molecule has 1 amide bonds. The monoisotopic (exact) mass is 289 g/mol. The zero-order valence-electron chi connectivity index (χ0n) is 12.8. The summed E-state index contributed by atoms with van der Waals surface area (Å²) in [6, 6.07) is 3.87. The standard InChI is InChI=1S/C16H23N3O2/c1-18(2)10-11-19(13-14-6-8-17-9-7-14)16(20)15-5-3-4-12-21-15/h5-9H,3-4,10-13H2,1-2H3. The molecular formula is C16H23N3O2. The van der Waals surface area contributed by atoms with Gasteiger partial charge in [-0.25, -0.2) is 0 Å². The van der Waals surface area contributed by atoms with Gasteiger partial charge in [0.25, 0.3) is 5.91 Å². The van der Waals surface area contributed by atoms with Gasteiger partial charge in [0.05, 0.1) is 6.61 Å². The lowest BCUT2D eigenvalue weighted by atomic mass is 10.2. The van der Waals surface area contributed by atoms with Gasteiger partial charge in [0.1, 0.15) is 0 Å². The van der Waals surface area contributed by atoms with E-state index < -0.39 is 0 Å². The number of allylic oxidation sites excluding steroid dienone is 1. The third-order valence-corrected chi connectivity index (χ3v) is 3.37. The maximum atomic E-state index is 12.6. The third kappa shape index (κ3) is 4.86. The first-order valence-electron chi connectivity index (χ1n) is 7.32. The zero-order valence-corrected chi connectivity index (χ0v) is 12.8. The Hall–Kier alpha value is -1.88. The molecule has 0 bridgehead atoms. The van der Waals surface area contributed by atoms with Crippen LogP contribution in [0.15, 0.2) is 36.4 Å². The van der Waals surface area contributed by atoms with Gasteiger partial charge in [0.2, 0.25) is 0 Å². The molecule has 0 N–H and O–H groups in total. The normalized spacial score (nSPS) is 14.5. The van der Waals surface area contributed by atoms with E-state index in [2.05, 4.69) is 9.88 Å². The summed E-state index contributed by atoms with van der Waals surface area (Å²) in [6.07, 6.45) is 7.30. The second-order valence-corrected chi connectivity index (χ2v) is 5.44. The molecule has 1 aromatic heterocycles. The number of carbonyl (C=O) groups is 1. The Bertz CT molecular complexity index is 486. The summed E-state index contributed by atoms with van der Waals surface area (Å²) in [7, 11) is 4.01. The summed E-state index contributed by atoms with van der Waals surface area (Å²) in [5, 5.41) is 0. The van der Waals surface area contributed by atoms with Gasteiger partial charge < -0.3 is 14.5 Å². The molecule has 2 heterocycles. The second kappa shape index (κ2) is 7.78. The Labute approximate surface area is 126 Å². The summed E-state index contributed by atoms with van der Waals surface area (Å²) in [4.78, 5) is 20.5. The highest BCUT2D eigenvalue weighted by molar-refractivity contribution is 5.91. The average molecular weight is 289 g/mol. The van der Waals surface area contributed by atoms with Crippen LogP contribution in [0.5, 0.6) is 0 Å². The van der Waals surface area contributed by atoms with Gasteiger partial charge in [-0.15, -0.1) is 0 Å². The maximum Gasteiger partial charge on any atom is 0.288 e. The molecule has 0 fully saturated rings. The fraction of sp³-hybridized carbons (Fsp3) is 0.500. The van der Waals surface area contributed by atoms with Gasteiger partial charge in [-0.3, -0.25) is 9.78 Å². The highest BCUT2D eigenvalue weighted by atomic mass is 16.5. The number of nitrogens with zero attached hydrogens (tertiary/aromatic N) is 3. The summed E-state index contributed by atoms with van der Waals surface area (Å²) in [5.41, 5.74) is 1.08. The minimum Gasteiger partial charge on any atom is -0.488 e. The summed E-state index contributed by atoms with van der Waals surface area (Å²) in [5.74, 6) is 0.474. The average Bonchev–Trinajstić information content (AvgIpc) is 2.52. The van der Waals surface area contributed by atoms with Crippen molar-refractivity contribution in [3.63, 3.8) is 0 Å². The van der Waals surface area contributed by atoms with Crippen LogP contribution >= 0.6 is 0 Å². The van der Waals surface area contributed by atoms with E-state index in [9.17, 15) is 4.79 Å². The quantitative estimate of drug-likeness (QED) is 0.799. The minimum atomic E-state index is -0.0200. The van der Waals surface area contributed by atoms with Crippen LogP contribution in [0, 0.1) is 0 Å². The molecule has 1 aromatic rings. The molecule has 1 aliphatic heterocycles. The van der Waals surface area contributed by atoms with Crippen LogP contribution in [0.1, 0.15) is 18.4 Å². The maximum absolute atomic E-state index is 12.6. The molecule has 0 aromatic carbocycles. The molecule has 0 saturated carbocycles. The number of pyridine rings is 1. The molecule has 0 aliphatic carbocycles. The van der Waals surface area contributed by atoms with E-state index >= 15 is 0 Å². The number of amides is 1. The van der Waals surface area contributed by atoms with Crippen LogP contribution < -0.4 is 0 Å². The van der Waals surface area contributed by atoms with E-state index in [4.69, 9.17) is 4.74 Å². The van der Waals surface area contributed by atoms with Crippen molar-refractivity contribution < 1.29 is 9.53 Å². The molecule has 0 atom stereocenters. The van der Waals surface area contributed by atoms with E-state index in [0.29, 0.717) is 25.5 Å². The Kier molecular flexibility index (Phi) is 5.75. The third-order valence-electron chi connectivity index (χ3n) is 3.37. The minimum absolute atomic E-state index is 0.0200. The van der Waals surface area contributed by atoms with E-state index in [0.717, 1.165) is 24.9 Å². The van der Waals surface area contributed by atoms with Crippen LogP contribution in [-0.2, 0) is 16.1 Å². The predicted molar refractivity (Wildman–Crippen MR) is 81.5 cm³/mol. The van der Waals surface area contributed by atoms with Crippen molar-refractivity contribution in [3.8, 4) is 0 Å². The van der Waals surface area contributed by atoms with Gasteiger partial charge in [0, 0.05) is 32.0 Å². The summed E-state index contributed by atoms with van der Waals surface area (Å²) in [6.45, 7) is 2.71. The molecule has 0 unspecified atom stereocenters. The van der Waals surface area contributed by atoms with E-state index in [-0.39, 0.29) is 5.91 Å². The van der Waals surface area contributed by atoms with Gasteiger partial charge in [0.15, 0.2) is 5.76 Å². The SMILES string of the molecule is CN(C)CCN(Cc1ccncc1)C(=O)C1=CCCCO1. The first kappa shape index (κ1) is 15.5. The molecule has 0 saturated heterocycles. The first-order valence-corrected chi connectivity index (χ1v) is 7.32. The number of carbonyl (C=O) groups excluding carboxylic acids is 1. The number of hydrogen-bond acceptors (Lipinski definition) is 4. The van der Waals surface area contributed by atoms with Crippen molar-refractivity contribution in [2.45, 2.75) is 19.4 Å². The van der Waals surface area contributed by atoms with Gasteiger partial charge in [-0.2, -0.15) is 0 Å². The fourth-order valence-corrected chi connectivity index (χ4v) is 2.14. The smallest absolute Gasteiger partial charge is 0.288 e. The topological polar surface area (TPSA) is 45.7 Å². The summed E-state index contributed by atoms with van der Waals surface area (Å²) >= 11 is 0. The Balaban J connectivity index is 2.07. The lowest BCUT2D eigenvalue weighted by molar-refractivity contribution is -0.132. The molecule has 5 heteroatoms. The number of ether oxygens (including phenoxy) is 1. The summed E-state index contributed by atoms with van der Waals surface area (Å²) < 4.78 is 5.51. The van der Waals surface area contributed by atoms with Crippen LogP contribution in [-0.4, -0.2) is 54.5 Å². The van der Waals surface area contributed by atoms with E-state index in [1.807, 2.05) is 37.2 Å². The molecule has 0 spiro atoms. The molecule has 21 heavy (non-hydrogen) atoms. The molecular weight excluding hydrogens is 266 g/mol. The van der Waals surface area contributed by atoms with Crippen molar-refractivity contribution in [2.75, 3.05) is 33.8 Å². The lowest BCUT2D eigenvalue weighted by Gasteiger charge is -2.26. The molecule has 1 aliphatic rings. The van der Waals surface area contributed by atoms with Gasteiger partial charge >= 0.3 is 0 Å². The Morgan fingerprint density at radius 2 is 2.05 bits per heavy atom. The molecule has 5 nitrogen and oxygen atoms in total. The number of aromatic nitrogens is 1. The van der Waals surface area contributed by atoms with Crippen LogP contribution in [0.2, 0.25) is 0 Å². The fourth-order valence-electron chi connectivity index (χ4n) is 2.14. The highest BCUT2D eigenvalue weighted by Crippen LogP contribution is 2.14. The van der Waals surface area contributed by atoms with Crippen LogP contribution in [0.4, 0.5) is 0 Å². The number of rotatable bonds is 6. The van der Waals surface area contributed by atoms with Crippen LogP contribution in [0.3, 0.4) is 0 Å². The number of hydrogen-bond donors (Lipinski definition) is 0. The van der Waals surface area contributed by atoms with Gasteiger partial charge in [-0.05, 0) is 50.7 Å². The van der Waals surface area contributed by atoms with E-state index in [1.165, 1.54) is 0 Å². The largest absolute Gasteiger partial charge is 0.488 e. The number of likely N-dealkylation sites (N-methyl/N-ethyl adjacent to an activating group) is 1. The Morgan fingerprint density at radius 1 is 1.29 bits per heavy atom. The molecule has 0 radical (unpaired) electrons. The van der Waals surface area contributed by atoms with Crippen molar-refractivity contribution >= 4 is 5.91 Å². The van der Waals surface area contributed by atoms with E-state index in [1.54, 1.807) is 12.4 Å². The zero-order chi connectivity index (χ0) is 15.1. The predicted octanol–water partition coefficient (Wildman–Crippen LogP) is 1.67. The Morgan fingerprint density at radius 3 is 2.67 bits per heavy atom. The van der Waals surface area contributed by atoms with Crippen molar-refractivity contribution in [1.82, 2.24) is 14.8 Å². The molecule has 2 rings (SSSR count). The van der Waals surface area contributed by atoms with Gasteiger partial charge in [-0.1, -0.05) is 0 Å². The van der Waals surface area contributed by atoms with Crippen molar-refractivity contribution in [1.29, 1.82) is 0 Å². The van der Waals surface area contributed by atoms with Crippen molar-refractivity contribution in [2.24, 2.45) is 0 Å². The molecule has 114 valence electrons. The van der Waals surface area contributed by atoms with Crippen LogP contribution in [0.25, 0.3) is 0 Å². The van der Waals surface area contributed by atoms with Crippen molar-refractivity contribution in [3.05, 3.63) is 41.9 Å². The second-order valence-electron chi connectivity index (χ2n) is 5.44.